The van der Waals surface area contributed by atoms with Gasteiger partial charge in [-0.2, -0.15) is 0 Å². The Hall–Kier alpha value is -0.730. The second-order valence-electron chi connectivity index (χ2n) is 3.98. The van der Waals surface area contributed by atoms with Crippen LogP contribution in [0, 0.1) is 6.92 Å². The number of aryl methyl sites for hydroxylation is 1. The van der Waals surface area contributed by atoms with Crippen LogP contribution in [0.25, 0.3) is 0 Å². The summed E-state index contributed by atoms with van der Waals surface area (Å²) >= 11 is 6.12. The van der Waals surface area contributed by atoms with Crippen molar-refractivity contribution in [3.63, 3.8) is 0 Å². The highest BCUT2D eigenvalue weighted by atomic mass is 35.5. The summed E-state index contributed by atoms with van der Waals surface area (Å²) in [6.07, 6.45) is 0. The summed E-state index contributed by atoms with van der Waals surface area (Å²) in [5.74, 6) is 0.901. The lowest BCUT2D eigenvalue weighted by Crippen LogP contribution is -2.17. The van der Waals surface area contributed by atoms with Crippen LogP contribution in [-0.2, 0) is 0 Å². The molecule has 0 radical (unpaired) electrons. The van der Waals surface area contributed by atoms with E-state index in [2.05, 4.69) is 11.8 Å². The number of ether oxygens (including phenoxy) is 1. The summed E-state index contributed by atoms with van der Waals surface area (Å²) in [6.45, 7) is 4.11. The van der Waals surface area contributed by atoms with Gasteiger partial charge in [-0.3, -0.25) is 0 Å². The van der Waals surface area contributed by atoms with E-state index in [1.165, 1.54) is 0 Å². The zero-order valence-corrected chi connectivity index (χ0v) is 10.7. The molecule has 0 bridgehead atoms. The normalized spacial score (nSPS) is 13.0. The minimum absolute atomic E-state index is 0.290. The number of hydrogen-bond acceptors (Lipinski definition) is 2. The maximum atomic E-state index is 6.12. The molecule has 0 saturated heterocycles. The SMILES string of the molecule is COc1cc(C)c(Cl)cc1C(C)N(C)C. The van der Waals surface area contributed by atoms with Crippen LogP contribution in [0.4, 0.5) is 0 Å². The molecule has 0 fully saturated rings. The number of rotatable bonds is 3. The largest absolute Gasteiger partial charge is 0.496 e. The fourth-order valence-electron chi connectivity index (χ4n) is 1.45. The zero-order valence-electron chi connectivity index (χ0n) is 9.97. The van der Waals surface area contributed by atoms with Crippen LogP contribution >= 0.6 is 11.6 Å². The molecule has 1 unspecified atom stereocenters. The third-order valence-corrected chi connectivity index (χ3v) is 3.14. The average molecular weight is 228 g/mol. The lowest BCUT2D eigenvalue weighted by molar-refractivity contribution is 0.308. The van der Waals surface area contributed by atoms with Crippen molar-refractivity contribution >= 4 is 11.6 Å². The van der Waals surface area contributed by atoms with Crippen LogP contribution in [-0.4, -0.2) is 26.1 Å². The molecule has 0 aromatic heterocycles. The molecule has 0 aliphatic rings. The summed E-state index contributed by atoms with van der Waals surface area (Å²) in [7, 11) is 5.77. The highest BCUT2D eigenvalue weighted by molar-refractivity contribution is 6.31. The zero-order chi connectivity index (χ0) is 11.6. The first-order chi connectivity index (χ1) is 6.97. The van der Waals surface area contributed by atoms with Gasteiger partial charge in [0.2, 0.25) is 0 Å². The second-order valence-corrected chi connectivity index (χ2v) is 4.39. The van der Waals surface area contributed by atoms with Gasteiger partial charge in [-0.25, -0.2) is 0 Å². The molecule has 1 aromatic carbocycles. The quantitative estimate of drug-likeness (QED) is 0.786. The Morgan fingerprint density at radius 2 is 1.93 bits per heavy atom. The van der Waals surface area contributed by atoms with Crippen molar-refractivity contribution in [2.24, 2.45) is 0 Å². The van der Waals surface area contributed by atoms with Crippen LogP contribution in [0.1, 0.15) is 24.1 Å². The Labute approximate surface area is 96.8 Å². The van der Waals surface area contributed by atoms with E-state index < -0.39 is 0 Å². The topological polar surface area (TPSA) is 12.5 Å². The molecule has 0 saturated carbocycles. The van der Waals surface area contributed by atoms with Crippen molar-refractivity contribution in [3.8, 4) is 5.75 Å². The smallest absolute Gasteiger partial charge is 0.123 e. The summed E-state index contributed by atoms with van der Waals surface area (Å²) in [5.41, 5.74) is 2.17. The highest BCUT2D eigenvalue weighted by Gasteiger charge is 2.15. The van der Waals surface area contributed by atoms with Crippen molar-refractivity contribution < 1.29 is 4.74 Å². The molecule has 0 amide bonds. The number of nitrogens with zero attached hydrogens (tertiary/aromatic N) is 1. The van der Waals surface area contributed by atoms with Gasteiger partial charge in [0, 0.05) is 16.6 Å². The predicted octanol–water partition coefficient (Wildman–Crippen LogP) is 3.28. The molecule has 0 N–H and O–H groups in total. The van der Waals surface area contributed by atoms with Gasteiger partial charge in [-0.15, -0.1) is 0 Å². The summed E-state index contributed by atoms with van der Waals surface area (Å²) in [4.78, 5) is 2.13. The van der Waals surface area contributed by atoms with Crippen molar-refractivity contribution in [3.05, 3.63) is 28.3 Å². The molecular formula is C12H18ClNO. The standard InChI is InChI=1S/C12H18ClNO/c1-8-6-12(15-5)10(7-11(8)13)9(2)14(3)4/h6-7,9H,1-5H3. The summed E-state index contributed by atoms with van der Waals surface area (Å²) in [6, 6.07) is 4.26. The van der Waals surface area contributed by atoms with E-state index in [0.29, 0.717) is 0 Å². The third kappa shape index (κ3) is 2.64. The molecule has 0 aliphatic carbocycles. The molecule has 15 heavy (non-hydrogen) atoms. The molecule has 0 spiro atoms. The highest BCUT2D eigenvalue weighted by Crippen LogP contribution is 2.32. The average Bonchev–Trinajstić information content (AvgIpc) is 2.20. The van der Waals surface area contributed by atoms with Gasteiger partial charge < -0.3 is 9.64 Å². The van der Waals surface area contributed by atoms with Crippen LogP contribution < -0.4 is 4.74 Å². The second kappa shape index (κ2) is 4.86. The van der Waals surface area contributed by atoms with Gasteiger partial charge in [0.25, 0.3) is 0 Å². The van der Waals surface area contributed by atoms with Gasteiger partial charge in [0.1, 0.15) is 5.75 Å². The fourth-order valence-corrected chi connectivity index (χ4v) is 1.62. The molecule has 2 nitrogen and oxygen atoms in total. The van der Waals surface area contributed by atoms with Gasteiger partial charge >= 0.3 is 0 Å². The number of hydrogen-bond donors (Lipinski definition) is 0. The maximum absolute atomic E-state index is 6.12. The lowest BCUT2D eigenvalue weighted by Gasteiger charge is -2.23. The van der Waals surface area contributed by atoms with E-state index in [9.17, 15) is 0 Å². The predicted molar refractivity (Wildman–Crippen MR) is 64.8 cm³/mol. The molecule has 1 aromatic rings. The van der Waals surface area contributed by atoms with Gasteiger partial charge in [-0.05, 0) is 45.6 Å². The molecule has 3 heteroatoms. The molecule has 1 atom stereocenters. The van der Waals surface area contributed by atoms with E-state index in [-0.39, 0.29) is 6.04 Å². The molecule has 1 rings (SSSR count). The van der Waals surface area contributed by atoms with Gasteiger partial charge in [0.15, 0.2) is 0 Å². The summed E-state index contributed by atoms with van der Waals surface area (Å²) < 4.78 is 5.37. The van der Waals surface area contributed by atoms with E-state index in [1.54, 1.807) is 7.11 Å². The number of methoxy groups -OCH3 is 1. The minimum Gasteiger partial charge on any atom is -0.496 e. The van der Waals surface area contributed by atoms with Crippen LogP contribution in [0.2, 0.25) is 5.02 Å². The fraction of sp³-hybridized carbons (Fsp3) is 0.500. The first kappa shape index (κ1) is 12.3. The molecular weight excluding hydrogens is 210 g/mol. The number of benzene rings is 1. The molecule has 0 heterocycles. The van der Waals surface area contributed by atoms with Crippen molar-refractivity contribution in [2.45, 2.75) is 19.9 Å². The van der Waals surface area contributed by atoms with E-state index in [4.69, 9.17) is 16.3 Å². The third-order valence-electron chi connectivity index (χ3n) is 2.74. The van der Waals surface area contributed by atoms with Crippen LogP contribution in [0.3, 0.4) is 0 Å². The van der Waals surface area contributed by atoms with Crippen LogP contribution in [0.5, 0.6) is 5.75 Å². The van der Waals surface area contributed by atoms with Crippen molar-refractivity contribution in [1.29, 1.82) is 0 Å². The van der Waals surface area contributed by atoms with Crippen molar-refractivity contribution in [1.82, 2.24) is 4.90 Å². The summed E-state index contributed by atoms with van der Waals surface area (Å²) in [5, 5.41) is 0.791. The molecule has 84 valence electrons. The Kier molecular flexibility index (Phi) is 4.00. The first-order valence-corrected chi connectivity index (χ1v) is 5.35. The minimum atomic E-state index is 0.290. The molecule has 0 aliphatic heterocycles. The van der Waals surface area contributed by atoms with E-state index >= 15 is 0 Å². The van der Waals surface area contributed by atoms with Crippen molar-refractivity contribution in [2.75, 3.05) is 21.2 Å². The van der Waals surface area contributed by atoms with E-state index in [0.717, 1.165) is 21.9 Å². The maximum Gasteiger partial charge on any atom is 0.123 e. The Morgan fingerprint density at radius 3 is 2.40 bits per heavy atom. The van der Waals surface area contributed by atoms with E-state index in [1.807, 2.05) is 33.2 Å². The number of halogens is 1. The Balaban J connectivity index is 3.21. The Morgan fingerprint density at radius 1 is 1.33 bits per heavy atom. The van der Waals surface area contributed by atoms with Gasteiger partial charge in [0.05, 0.1) is 7.11 Å². The van der Waals surface area contributed by atoms with Gasteiger partial charge in [-0.1, -0.05) is 11.6 Å². The Bertz CT molecular complexity index is 350. The first-order valence-electron chi connectivity index (χ1n) is 4.97. The lowest BCUT2D eigenvalue weighted by atomic mass is 10.0. The van der Waals surface area contributed by atoms with Crippen LogP contribution in [0.15, 0.2) is 12.1 Å². The monoisotopic (exact) mass is 227 g/mol.